The van der Waals surface area contributed by atoms with Crippen LogP contribution in [-0.4, -0.2) is 14.9 Å². The van der Waals surface area contributed by atoms with Gasteiger partial charge in [0, 0.05) is 19.2 Å². The Labute approximate surface area is 124 Å². The molecule has 0 amide bonds. The van der Waals surface area contributed by atoms with Gasteiger partial charge in [-0.05, 0) is 34.9 Å². The van der Waals surface area contributed by atoms with Gasteiger partial charge in [-0.2, -0.15) is 5.10 Å². The van der Waals surface area contributed by atoms with Crippen LogP contribution in [-0.2, 0) is 19.9 Å². The quantitative estimate of drug-likeness (QED) is 0.795. The van der Waals surface area contributed by atoms with Gasteiger partial charge in [0.2, 0.25) is 0 Å². The van der Waals surface area contributed by atoms with Gasteiger partial charge >= 0.3 is 0 Å². The zero-order valence-electron chi connectivity index (χ0n) is 12.5. The Morgan fingerprint density at radius 1 is 1.10 bits per heavy atom. The van der Waals surface area contributed by atoms with Crippen LogP contribution in [0.5, 0.6) is 0 Å². The predicted molar refractivity (Wildman–Crippen MR) is 85.2 cm³/mol. The van der Waals surface area contributed by atoms with E-state index < -0.39 is 6.10 Å². The lowest BCUT2D eigenvalue weighted by Gasteiger charge is -2.12. The van der Waals surface area contributed by atoms with Crippen LogP contribution in [0, 0.1) is 0 Å². The van der Waals surface area contributed by atoms with E-state index in [4.69, 9.17) is 0 Å². The first kappa shape index (κ1) is 13.8. The van der Waals surface area contributed by atoms with Crippen LogP contribution in [0.15, 0.2) is 48.5 Å². The molecule has 0 fully saturated rings. The second kappa shape index (κ2) is 5.70. The average Bonchev–Trinajstić information content (AvgIpc) is 2.87. The van der Waals surface area contributed by atoms with E-state index in [1.165, 1.54) is 5.39 Å². The van der Waals surface area contributed by atoms with Gasteiger partial charge in [-0.25, -0.2) is 0 Å². The SMILES string of the molecule is CCc1cc(CC(O)c2ccc3ccccc3c2)n(C)n1. The molecule has 0 saturated heterocycles. The van der Waals surface area contributed by atoms with Gasteiger partial charge in [-0.1, -0.05) is 43.3 Å². The third kappa shape index (κ3) is 2.83. The molecule has 1 N–H and O–H groups in total. The molecule has 3 nitrogen and oxygen atoms in total. The van der Waals surface area contributed by atoms with Crippen molar-refractivity contribution in [2.75, 3.05) is 0 Å². The third-order valence-corrected chi connectivity index (χ3v) is 3.95. The number of aryl methyl sites for hydroxylation is 2. The van der Waals surface area contributed by atoms with Gasteiger partial charge in [0.1, 0.15) is 0 Å². The van der Waals surface area contributed by atoms with Crippen LogP contribution in [0.1, 0.15) is 30.0 Å². The molecule has 0 radical (unpaired) electrons. The molecular formula is C18H20N2O. The highest BCUT2D eigenvalue weighted by molar-refractivity contribution is 5.83. The Balaban J connectivity index is 1.85. The first-order valence-electron chi connectivity index (χ1n) is 7.36. The van der Waals surface area contributed by atoms with Crippen molar-refractivity contribution in [2.24, 2.45) is 7.05 Å². The molecule has 2 aromatic carbocycles. The van der Waals surface area contributed by atoms with Crippen molar-refractivity contribution in [3.8, 4) is 0 Å². The molecule has 1 heterocycles. The van der Waals surface area contributed by atoms with E-state index in [9.17, 15) is 5.11 Å². The second-order valence-electron chi connectivity index (χ2n) is 5.43. The number of aliphatic hydroxyl groups is 1. The number of benzene rings is 2. The molecule has 108 valence electrons. The first-order chi connectivity index (χ1) is 10.2. The number of aromatic nitrogens is 2. The van der Waals surface area contributed by atoms with Crippen molar-refractivity contribution in [2.45, 2.75) is 25.9 Å². The molecule has 1 aromatic heterocycles. The minimum atomic E-state index is -0.505. The topological polar surface area (TPSA) is 38.0 Å². The minimum Gasteiger partial charge on any atom is -0.388 e. The molecule has 1 unspecified atom stereocenters. The summed E-state index contributed by atoms with van der Waals surface area (Å²) in [5, 5.41) is 17.3. The van der Waals surface area contributed by atoms with E-state index >= 15 is 0 Å². The highest BCUT2D eigenvalue weighted by atomic mass is 16.3. The largest absolute Gasteiger partial charge is 0.388 e. The fourth-order valence-electron chi connectivity index (χ4n) is 2.67. The van der Waals surface area contributed by atoms with Gasteiger partial charge in [-0.15, -0.1) is 0 Å². The van der Waals surface area contributed by atoms with Gasteiger partial charge in [-0.3, -0.25) is 4.68 Å². The Hall–Kier alpha value is -2.13. The number of hydrogen-bond donors (Lipinski definition) is 1. The fraction of sp³-hybridized carbons (Fsp3) is 0.278. The maximum Gasteiger partial charge on any atom is 0.0845 e. The smallest absolute Gasteiger partial charge is 0.0845 e. The number of nitrogens with zero attached hydrogens (tertiary/aromatic N) is 2. The zero-order chi connectivity index (χ0) is 14.8. The van der Waals surface area contributed by atoms with Crippen LogP contribution in [0.2, 0.25) is 0 Å². The number of fused-ring (bicyclic) bond motifs is 1. The van der Waals surface area contributed by atoms with E-state index in [0.29, 0.717) is 6.42 Å². The van der Waals surface area contributed by atoms with E-state index in [2.05, 4.69) is 42.4 Å². The molecule has 3 rings (SSSR count). The number of hydrogen-bond acceptors (Lipinski definition) is 2. The van der Waals surface area contributed by atoms with Crippen LogP contribution < -0.4 is 0 Å². The lowest BCUT2D eigenvalue weighted by molar-refractivity contribution is 0.176. The van der Waals surface area contributed by atoms with Crippen LogP contribution in [0.3, 0.4) is 0 Å². The lowest BCUT2D eigenvalue weighted by Crippen LogP contribution is -2.06. The predicted octanol–water partition coefficient (Wildman–Crippen LogP) is 3.41. The monoisotopic (exact) mass is 280 g/mol. The van der Waals surface area contributed by atoms with E-state index in [1.807, 2.05) is 29.9 Å². The molecule has 0 bridgehead atoms. The summed E-state index contributed by atoms with van der Waals surface area (Å²) < 4.78 is 1.86. The Kier molecular flexibility index (Phi) is 3.76. The molecule has 3 heteroatoms. The van der Waals surface area contributed by atoms with Gasteiger partial charge in [0.25, 0.3) is 0 Å². The van der Waals surface area contributed by atoms with Crippen LogP contribution in [0.25, 0.3) is 10.8 Å². The van der Waals surface area contributed by atoms with Crippen molar-refractivity contribution < 1.29 is 5.11 Å². The summed E-state index contributed by atoms with van der Waals surface area (Å²) in [5.41, 5.74) is 3.08. The molecule has 0 aliphatic heterocycles. The second-order valence-corrected chi connectivity index (χ2v) is 5.43. The van der Waals surface area contributed by atoms with Crippen LogP contribution in [0.4, 0.5) is 0 Å². The van der Waals surface area contributed by atoms with Gasteiger partial charge in [0.05, 0.1) is 11.8 Å². The zero-order valence-corrected chi connectivity index (χ0v) is 12.5. The molecule has 21 heavy (non-hydrogen) atoms. The van der Waals surface area contributed by atoms with Crippen molar-refractivity contribution in [3.05, 3.63) is 65.5 Å². The van der Waals surface area contributed by atoms with Gasteiger partial charge < -0.3 is 5.11 Å². The molecule has 0 aliphatic rings. The van der Waals surface area contributed by atoms with Crippen molar-refractivity contribution >= 4 is 10.8 Å². The molecular weight excluding hydrogens is 260 g/mol. The van der Waals surface area contributed by atoms with Crippen LogP contribution >= 0.6 is 0 Å². The van der Waals surface area contributed by atoms with Crippen molar-refractivity contribution in [3.63, 3.8) is 0 Å². The standard InChI is InChI=1S/C18H20N2O/c1-3-16-11-17(20(2)19-16)12-18(21)15-9-8-13-6-4-5-7-14(13)10-15/h4-11,18,21H,3,12H2,1-2H3. The van der Waals surface area contributed by atoms with E-state index in [0.717, 1.165) is 28.8 Å². The maximum absolute atomic E-state index is 10.5. The fourth-order valence-corrected chi connectivity index (χ4v) is 2.67. The van der Waals surface area contributed by atoms with Crippen molar-refractivity contribution in [1.82, 2.24) is 9.78 Å². The Bertz CT molecular complexity index is 761. The third-order valence-electron chi connectivity index (χ3n) is 3.95. The normalized spacial score (nSPS) is 12.7. The summed E-state index contributed by atoms with van der Waals surface area (Å²) in [7, 11) is 1.93. The highest BCUT2D eigenvalue weighted by Crippen LogP contribution is 2.23. The lowest BCUT2D eigenvalue weighted by atomic mass is 10.0. The van der Waals surface area contributed by atoms with Gasteiger partial charge in [0.15, 0.2) is 0 Å². The first-order valence-corrected chi connectivity index (χ1v) is 7.36. The summed E-state index contributed by atoms with van der Waals surface area (Å²) in [5.74, 6) is 0. The summed E-state index contributed by atoms with van der Waals surface area (Å²) in [4.78, 5) is 0. The summed E-state index contributed by atoms with van der Waals surface area (Å²) in [6, 6.07) is 16.4. The van der Waals surface area contributed by atoms with E-state index in [1.54, 1.807) is 0 Å². The maximum atomic E-state index is 10.5. The Morgan fingerprint density at radius 3 is 2.57 bits per heavy atom. The molecule has 0 saturated carbocycles. The Morgan fingerprint density at radius 2 is 1.86 bits per heavy atom. The molecule has 3 aromatic rings. The summed E-state index contributed by atoms with van der Waals surface area (Å²) >= 11 is 0. The summed E-state index contributed by atoms with van der Waals surface area (Å²) in [6.45, 7) is 2.09. The van der Waals surface area contributed by atoms with Crippen molar-refractivity contribution in [1.29, 1.82) is 0 Å². The number of rotatable bonds is 4. The number of aliphatic hydroxyl groups excluding tert-OH is 1. The molecule has 1 atom stereocenters. The summed E-state index contributed by atoms with van der Waals surface area (Å²) in [6.07, 6.45) is 0.997. The molecule has 0 spiro atoms. The van der Waals surface area contributed by atoms with E-state index in [-0.39, 0.29) is 0 Å². The highest BCUT2D eigenvalue weighted by Gasteiger charge is 2.13. The average molecular weight is 280 g/mol. The molecule has 0 aliphatic carbocycles. The minimum absolute atomic E-state index is 0.505.